The zero-order chi connectivity index (χ0) is 14.8. The summed E-state index contributed by atoms with van der Waals surface area (Å²) < 4.78 is 0. The molecule has 0 amide bonds. The lowest BCUT2D eigenvalue weighted by Gasteiger charge is -2.38. The highest BCUT2D eigenvalue weighted by Gasteiger charge is 2.37. The van der Waals surface area contributed by atoms with Gasteiger partial charge in [-0.15, -0.1) is 0 Å². The van der Waals surface area contributed by atoms with Gasteiger partial charge >= 0.3 is 0 Å². The summed E-state index contributed by atoms with van der Waals surface area (Å²) in [7, 11) is 0. The standard InChI is InChI=1S/C15H26O4/c1-9(2)12-6-5-10(3)7-11(12)8-13(16)15(4,19)14(17)18/h9-12,19H,5-8H2,1-4H3,(H,17,18)/p-1. The summed E-state index contributed by atoms with van der Waals surface area (Å²) in [6.07, 6.45) is 3.29. The summed E-state index contributed by atoms with van der Waals surface area (Å²) >= 11 is 0. The number of hydrogen-bond acceptors (Lipinski definition) is 4. The summed E-state index contributed by atoms with van der Waals surface area (Å²) in [4.78, 5) is 22.8. The lowest BCUT2D eigenvalue weighted by atomic mass is 9.68. The van der Waals surface area contributed by atoms with Gasteiger partial charge in [0.2, 0.25) is 0 Å². The molecule has 4 nitrogen and oxygen atoms in total. The van der Waals surface area contributed by atoms with Crippen LogP contribution in [0.2, 0.25) is 0 Å². The van der Waals surface area contributed by atoms with Crippen molar-refractivity contribution in [3.63, 3.8) is 0 Å². The number of Topliss-reactive ketones (excluding diaryl/α,β-unsaturated/α-hetero) is 1. The smallest absolute Gasteiger partial charge is 0.170 e. The minimum absolute atomic E-state index is 0.133. The third-order valence-corrected chi connectivity index (χ3v) is 4.55. The number of carboxylic acids is 1. The molecule has 19 heavy (non-hydrogen) atoms. The molecule has 1 saturated carbocycles. The second-order valence-electron chi connectivity index (χ2n) is 6.57. The van der Waals surface area contributed by atoms with Gasteiger partial charge in [0.15, 0.2) is 11.4 Å². The monoisotopic (exact) mass is 269 g/mol. The molecule has 0 bridgehead atoms. The van der Waals surface area contributed by atoms with E-state index in [-0.39, 0.29) is 12.3 Å². The Morgan fingerprint density at radius 1 is 1.37 bits per heavy atom. The van der Waals surface area contributed by atoms with E-state index in [4.69, 9.17) is 0 Å². The molecular formula is C15H25O4-. The number of aliphatic hydroxyl groups is 1. The number of hydrogen-bond donors (Lipinski definition) is 1. The maximum Gasteiger partial charge on any atom is 0.170 e. The van der Waals surface area contributed by atoms with Gasteiger partial charge in [0, 0.05) is 6.42 Å². The number of carbonyl (C=O) groups is 2. The average Bonchev–Trinajstić information content (AvgIpc) is 2.28. The molecule has 0 saturated heterocycles. The number of rotatable bonds is 5. The maximum atomic E-state index is 12.0. The summed E-state index contributed by atoms with van der Waals surface area (Å²) in [5.74, 6) is -0.710. The van der Waals surface area contributed by atoms with E-state index in [1.807, 2.05) is 0 Å². The fourth-order valence-corrected chi connectivity index (χ4v) is 3.19. The number of carbonyl (C=O) groups excluding carboxylic acids is 2. The zero-order valence-corrected chi connectivity index (χ0v) is 12.3. The van der Waals surface area contributed by atoms with Gasteiger partial charge in [-0.05, 0) is 43.4 Å². The Morgan fingerprint density at radius 3 is 2.42 bits per heavy atom. The van der Waals surface area contributed by atoms with Crippen LogP contribution in [0.3, 0.4) is 0 Å². The van der Waals surface area contributed by atoms with Gasteiger partial charge in [-0.2, -0.15) is 0 Å². The summed E-state index contributed by atoms with van der Waals surface area (Å²) in [6.45, 7) is 7.44. The molecule has 0 aliphatic heterocycles. The fourth-order valence-electron chi connectivity index (χ4n) is 3.19. The molecule has 4 unspecified atom stereocenters. The molecule has 0 aromatic heterocycles. The number of carboxylic acid groups (broad SMARTS) is 1. The van der Waals surface area contributed by atoms with Crippen molar-refractivity contribution in [2.75, 3.05) is 0 Å². The van der Waals surface area contributed by atoms with Gasteiger partial charge in [-0.1, -0.05) is 27.2 Å². The van der Waals surface area contributed by atoms with Crippen LogP contribution >= 0.6 is 0 Å². The second kappa shape index (κ2) is 6.04. The zero-order valence-electron chi connectivity index (χ0n) is 12.3. The average molecular weight is 269 g/mol. The highest BCUT2D eigenvalue weighted by Crippen LogP contribution is 2.40. The molecule has 1 rings (SSSR count). The third-order valence-electron chi connectivity index (χ3n) is 4.55. The predicted octanol–water partition coefficient (Wildman–Crippen LogP) is 1.15. The van der Waals surface area contributed by atoms with Crippen LogP contribution in [0.15, 0.2) is 0 Å². The van der Waals surface area contributed by atoms with Crippen LogP contribution in [0.1, 0.15) is 53.4 Å². The maximum absolute atomic E-state index is 12.0. The minimum atomic E-state index is -2.36. The molecule has 4 atom stereocenters. The van der Waals surface area contributed by atoms with Crippen molar-refractivity contribution in [3.05, 3.63) is 0 Å². The highest BCUT2D eigenvalue weighted by atomic mass is 16.4. The van der Waals surface area contributed by atoms with Gasteiger partial charge in [0.05, 0.1) is 5.97 Å². The first-order valence-corrected chi connectivity index (χ1v) is 7.13. The van der Waals surface area contributed by atoms with Crippen molar-refractivity contribution in [1.29, 1.82) is 0 Å². The molecule has 0 heterocycles. The van der Waals surface area contributed by atoms with Crippen LogP contribution in [-0.2, 0) is 9.59 Å². The minimum Gasteiger partial charge on any atom is -0.547 e. The van der Waals surface area contributed by atoms with Gasteiger partial charge in [0.25, 0.3) is 0 Å². The molecule has 1 aliphatic rings. The van der Waals surface area contributed by atoms with Crippen molar-refractivity contribution in [1.82, 2.24) is 0 Å². The van der Waals surface area contributed by atoms with Crippen molar-refractivity contribution in [3.8, 4) is 0 Å². The van der Waals surface area contributed by atoms with E-state index in [1.54, 1.807) is 0 Å². The van der Waals surface area contributed by atoms with Gasteiger partial charge in [-0.3, -0.25) is 4.79 Å². The topological polar surface area (TPSA) is 77.4 Å². The Morgan fingerprint density at radius 2 is 1.95 bits per heavy atom. The van der Waals surface area contributed by atoms with E-state index in [9.17, 15) is 19.8 Å². The number of ketones is 1. The van der Waals surface area contributed by atoms with E-state index in [2.05, 4.69) is 20.8 Å². The van der Waals surface area contributed by atoms with E-state index < -0.39 is 17.4 Å². The molecule has 0 spiro atoms. The lowest BCUT2D eigenvalue weighted by molar-refractivity contribution is -0.320. The molecule has 0 aromatic rings. The van der Waals surface area contributed by atoms with Crippen LogP contribution in [0.4, 0.5) is 0 Å². The summed E-state index contributed by atoms with van der Waals surface area (Å²) in [5, 5.41) is 20.5. The van der Waals surface area contributed by atoms with Crippen molar-refractivity contribution in [2.45, 2.75) is 59.0 Å². The summed E-state index contributed by atoms with van der Waals surface area (Å²) in [6, 6.07) is 0. The first kappa shape index (κ1) is 16.2. The van der Waals surface area contributed by atoms with Crippen LogP contribution in [0.25, 0.3) is 0 Å². The van der Waals surface area contributed by atoms with E-state index in [0.29, 0.717) is 17.8 Å². The largest absolute Gasteiger partial charge is 0.547 e. The Labute approximate surface area is 115 Å². The van der Waals surface area contributed by atoms with E-state index >= 15 is 0 Å². The van der Waals surface area contributed by atoms with E-state index in [1.165, 1.54) is 0 Å². The molecule has 0 radical (unpaired) electrons. The number of aliphatic carboxylic acids is 1. The third kappa shape index (κ3) is 3.78. The van der Waals surface area contributed by atoms with Crippen LogP contribution in [0, 0.1) is 23.7 Å². The first-order chi connectivity index (χ1) is 8.66. The lowest BCUT2D eigenvalue weighted by Crippen LogP contribution is -2.52. The Hall–Kier alpha value is -0.900. The van der Waals surface area contributed by atoms with E-state index in [0.717, 1.165) is 26.2 Å². The van der Waals surface area contributed by atoms with Crippen LogP contribution in [-0.4, -0.2) is 22.5 Å². The van der Waals surface area contributed by atoms with Crippen LogP contribution in [0.5, 0.6) is 0 Å². The molecule has 4 heteroatoms. The first-order valence-electron chi connectivity index (χ1n) is 7.13. The van der Waals surface area contributed by atoms with Gasteiger partial charge < -0.3 is 15.0 Å². The van der Waals surface area contributed by atoms with Crippen molar-refractivity contribution >= 4 is 11.8 Å². The normalized spacial score (nSPS) is 30.9. The highest BCUT2D eigenvalue weighted by molar-refractivity contribution is 6.04. The SMILES string of the molecule is CC1CCC(C(C)C)C(CC(=O)C(C)(O)C(=O)[O-])C1. The second-order valence-corrected chi connectivity index (χ2v) is 6.57. The molecule has 1 N–H and O–H groups in total. The van der Waals surface area contributed by atoms with Crippen LogP contribution < -0.4 is 5.11 Å². The van der Waals surface area contributed by atoms with Crippen molar-refractivity contribution < 1.29 is 19.8 Å². The van der Waals surface area contributed by atoms with Gasteiger partial charge in [0.1, 0.15) is 0 Å². The molecule has 1 aliphatic carbocycles. The summed E-state index contributed by atoms with van der Waals surface area (Å²) in [5.41, 5.74) is -2.36. The Balaban J connectivity index is 2.77. The Kier molecular flexibility index (Phi) is 5.13. The molecule has 0 aromatic carbocycles. The predicted molar refractivity (Wildman–Crippen MR) is 70.1 cm³/mol. The van der Waals surface area contributed by atoms with Crippen molar-refractivity contribution in [2.24, 2.45) is 23.7 Å². The molecule has 110 valence electrons. The molecule has 1 fully saturated rings. The van der Waals surface area contributed by atoms with Gasteiger partial charge in [-0.25, -0.2) is 0 Å². The Bertz CT molecular complexity index is 346. The molecular weight excluding hydrogens is 244 g/mol. The fraction of sp³-hybridized carbons (Fsp3) is 0.867. The quantitative estimate of drug-likeness (QED) is 0.760.